The van der Waals surface area contributed by atoms with Gasteiger partial charge in [-0.25, -0.2) is 4.39 Å². The first-order valence-corrected chi connectivity index (χ1v) is 7.21. The van der Waals surface area contributed by atoms with Gasteiger partial charge in [-0.15, -0.1) is 0 Å². The molecule has 0 heterocycles. The zero-order valence-electron chi connectivity index (χ0n) is 12.1. The topological polar surface area (TPSA) is 66.4 Å². The molecule has 1 aliphatic carbocycles. The van der Waals surface area contributed by atoms with E-state index in [9.17, 15) is 19.1 Å². The molecule has 0 aromatic heterocycles. The fourth-order valence-corrected chi connectivity index (χ4v) is 2.77. The molecule has 5 heteroatoms. The second-order valence-corrected chi connectivity index (χ2v) is 5.93. The number of rotatable bonds is 4. The summed E-state index contributed by atoms with van der Waals surface area (Å²) in [7, 11) is 0. The first-order chi connectivity index (χ1) is 9.94. The van der Waals surface area contributed by atoms with Gasteiger partial charge in [0.15, 0.2) is 0 Å². The van der Waals surface area contributed by atoms with E-state index >= 15 is 0 Å². The summed E-state index contributed by atoms with van der Waals surface area (Å²) in [6.07, 6.45) is 2.76. The second-order valence-electron chi connectivity index (χ2n) is 5.93. The fourth-order valence-electron chi connectivity index (χ4n) is 2.77. The number of hydrogen-bond donors (Lipinski definition) is 2. The third kappa shape index (κ3) is 3.40. The summed E-state index contributed by atoms with van der Waals surface area (Å²) in [5.41, 5.74) is -0.977. The average molecular weight is 293 g/mol. The van der Waals surface area contributed by atoms with Crippen LogP contribution in [-0.4, -0.2) is 23.5 Å². The monoisotopic (exact) mass is 293 g/mol. The lowest BCUT2D eigenvalue weighted by Gasteiger charge is -2.35. The van der Waals surface area contributed by atoms with E-state index in [4.69, 9.17) is 0 Å². The quantitative estimate of drug-likeness (QED) is 0.897. The van der Waals surface area contributed by atoms with Crippen LogP contribution in [0.1, 0.15) is 43.0 Å². The average Bonchev–Trinajstić information content (AvgIpc) is 2.47. The molecule has 21 heavy (non-hydrogen) atoms. The van der Waals surface area contributed by atoms with Crippen LogP contribution in [0.3, 0.4) is 0 Å². The molecule has 0 unspecified atom stereocenters. The van der Waals surface area contributed by atoms with Crippen LogP contribution in [0, 0.1) is 17.2 Å². The Balaban J connectivity index is 2.04. The van der Waals surface area contributed by atoms with Gasteiger partial charge in [0.1, 0.15) is 5.82 Å². The number of halogens is 1. The lowest BCUT2D eigenvalue weighted by Crippen LogP contribution is -2.45. The van der Waals surface area contributed by atoms with Crippen LogP contribution >= 0.6 is 0 Å². The molecule has 0 bridgehead atoms. The van der Waals surface area contributed by atoms with Crippen molar-refractivity contribution in [3.63, 3.8) is 0 Å². The number of hydrogen-bond acceptors (Lipinski definition) is 2. The number of nitrogens with one attached hydrogen (secondary N) is 1. The van der Waals surface area contributed by atoms with Gasteiger partial charge < -0.3 is 10.4 Å². The van der Waals surface area contributed by atoms with Crippen LogP contribution in [0.25, 0.3) is 0 Å². The lowest BCUT2D eigenvalue weighted by molar-refractivity contribution is -0.151. The number of carbonyl (C=O) groups excluding carboxylic acids is 1. The zero-order valence-corrected chi connectivity index (χ0v) is 12.1. The summed E-state index contributed by atoms with van der Waals surface area (Å²) in [5.74, 6) is -1.54. The van der Waals surface area contributed by atoms with Gasteiger partial charge >= 0.3 is 5.97 Å². The van der Waals surface area contributed by atoms with E-state index in [1.165, 1.54) is 18.2 Å². The molecule has 1 fully saturated rings. The summed E-state index contributed by atoms with van der Waals surface area (Å²) in [5, 5.41) is 12.1. The smallest absolute Gasteiger partial charge is 0.311 e. The molecule has 0 aliphatic heterocycles. The Bertz CT molecular complexity index is 536. The molecule has 1 aromatic carbocycles. The molecule has 1 aromatic rings. The number of carbonyl (C=O) groups is 2. The van der Waals surface area contributed by atoms with Gasteiger partial charge in [0.05, 0.1) is 11.0 Å². The van der Waals surface area contributed by atoms with Crippen LogP contribution in [0.15, 0.2) is 24.3 Å². The summed E-state index contributed by atoms with van der Waals surface area (Å²) < 4.78 is 13.5. The lowest BCUT2D eigenvalue weighted by atomic mass is 9.71. The highest BCUT2D eigenvalue weighted by atomic mass is 19.1. The molecule has 4 nitrogen and oxygen atoms in total. The van der Waals surface area contributed by atoms with Crippen molar-refractivity contribution in [3.8, 4) is 0 Å². The number of amides is 1. The van der Waals surface area contributed by atoms with Crippen LogP contribution in [0.2, 0.25) is 0 Å². The normalized spacial score (nSPS) is 25.3. The van der Waals surface area contributed by atoms with E-state index in [0.29, 0.717) is 18.8 Å². The number of aliphatic carboxylic acids is 1. The van der Waals surface area contributed by atoms with Gasteiger partial charge in [-0.3, -0.25) is 9.59 Å². The molecule has 2 N–H and O–H groups in total. The summed E-state index contributed by atoms with van der Waals surface area (Å²) in [6.45, 7) is 2.14. The van der Waals surface area contributed by atoms with E-state index < -0.39 is 23.1 Å². The Hall–Kier alpha value is -1.91. The highest BCUT2D eigenvalue weighted by Crippen LogP contribution is 2.38. The molecule has 0 atom stereocenters. The summed E-state index contributed by atoms with van der Waals surface area (Å²) >= 11 is 0. The van der Waals surface area contributed by atoms with Crippen molar-refractivity contribution in [2.75, 3.05) is 6.54 Å². The van der Waals surface area contributed by atoms with Crippen LogP contribution in [0.4, 0.5) is 4.39 Å². The van der Waals surface area contributed by atoms with Crippen molar-refractivity contribution in [3.05, 3.63) is 35.6 Å². The molecule has 0 saturated heterocycles. The van der Waals surface area contributed by atoms with Crippen LogP contribution in [0.5, 0.6) is 0 Å². The predicted octanol–water partition coefficient (Wildman–Crippen LogP) is 2.84. The number of carboxylic acids is 1. The zero-order chi connectivity index (χ0) is 15.5. The molecule has 0 radical (unpaired) electrons. The van der Waals surface area contributed by atoms with Crippen molar-refractivity contribution in [2.24, 2.45) is 11.3 Å². The summed E-state index contributed by atoms with van der Waals surface area (Å²) in [6, 6.07) is 5.69. The van der Waals surface area contributed by atoms with E-state index in [-0.39, 0.29) is 12.1 Å². The standard InChI is InChI=1S/C16H20FNO3/c1-11-6-8-16(9-7-11,15(20)21)10-18-14(19)12-4-2-3-5-13(12)17/h2-5,11H,6-10H2,1H3,(H,18,19)(H,20,21). The first kappa shape index (κ1) is 15.5. The van der Waals surface area contributed by atoms with Crippen molar-refractivity contribution < 1.29 is 19.1 Å². The van der Waals surface area contributed by atoms with Gasteiger partial charge in [0.2, 0.25) is 0 Å². The van der Waals surface area contributed by atoms with E-state index in [1.54, 1.807) is 6.07 Å². The SMILES string of the molecule is CC1CCC(CNC(=O)c2ccccc2F)(C(=O)O)CC1. The van der Waals surface area contributed by atoms with Gasteiger partial charge in [-0.1, -0.05) is 19.1 Å². The fraction of sp³-hybridized carbons (Fsp3) is 0.500. The third-order valence-corrected chi connectivity index (χ3v) is 4.39. The van der Waals surface area contributed by atoms with Gasteiger partial charge in [0.25, 0.3) is 5.91 Å². The van der Waals surface area contributed by atoms with Crippen LogP contribution in [-0.2, 0) is 4.79 Å². The van der Waals surface area contributed by atoms with Crippen molar-refractivity contribution in [1.29, 1.82) is 0 Å². The molecular weight excluding hydrogens is 273 g/mol. The van der Waals surface area contributed by atoms with Gasteiger partial charge in [-0.05, 0) is 43.7 Å². The molecular formula is C16H20FNO3. The van der Waals surface area contributed by atoms with Crippen LogP contribution < -0.4 is 5.32 Å². The molecule has 1 saturated carbocycles. The molecule has 1 aliphatic rings. The minimum atomic E-state index is -0.923. The molecule has 1 amide bonds. The maximum Gasteiger partial charge on any atom is 0.311 e. The Morgan fingerprint density at radius 1 is 1.33 bits per heavy atom. The maximum absolute atomic E-state index is 13.5. The number of carboxylic acid groups (broad SMARTS) is 1. The highest BCUT2D eigenvalue weighted by Gasteiger charge is 2.41. The van der Waals surface area contributed by atoms with Crippen molar-refractivity contribution in [1.82, 2.24) is 5.32 Å². The largest absolute Gasteiger partial charge is 0.481 e. The Labute approximate surface area is 123 Å². The molecule has 2 rings (SSSR count). The number of benzene rings is 1. The van der Waals surface area contributed by atoms with E-state index in [1.807, 2.05) is 0 Å². The minimum absolute atomic E-state index is 0.0439. The molecule has 114 valence electrons. The maximum atomic E-state index is 13.5. The van der Waals surface area contributed by atoms with Crippen molar-refractivity contribution in [2.45, 2.75) is 32.6 Å². The Kier molecular flexibility index (Phi) is 4.60. The van der Waals surface area contributed by atoms with Crippen molar-refractivity contribution >= 4 is 11.9 Å². The van der Waals surface area contributed by atoms with E-state index in [0.717, 1.165) is 12.8 Å². The van der Waals surface area contributed by atoms with E-state index in [2.05, 4.69) is 12.2 Å². The first-order valence-electron chi connectivity index (χ1n) is 7.21. The Morgan fingerprint density at radius 2 is 1.95 bits per heavy atom. The second kappa shape index (κ2) is 6.24. The highest BCUT2D eigenvalue weighted by molar-refractivity contribution is 5.94. The predicted molar refractivity (Wildman–Crippen MR) is 76.4 cm³/mol. The third-order valence-electron chi connectivity index (χ3n) is 4.39. The Morgan fingerprint density at radius 3 is 2.52 bits per heavy atom. The van der Waals surface area contributed by atoms with Gasteiger partial charge in [-0.2, -0.15) is 0 Å². The summed E-state index contributed by atoms with van der Waals surface area (Å²) in [4.78, 5) is 23.6. The minimum Gasteiger partial charge on any atom is -0.481 e. The molecule has 0 spiro atoms. The van der Waals surface area contributed by atoms with Gasteiger partial charge in [0, 0.05) is 6.54 Å².